The van der Waals surface area contributed by atoms with Gasteiger partial charge in [-0.3, -0.25) is 9.59 Å². The number of hydrogen-bond acceptors (Lipinski definition) is 4. The van der Waals surface area contributed by atoms with E-state index in [1.165, 1.54) is 0 Å². The Hall–Kier alpha value is -2.63. The highest BCUT2D eigenvalue weighted by molar-refractivity contribution is 6.03. The molecule has 1 saturated heterocycles. The molecule has 1 aromatic heterocycles. The average molecular weight is 341 g/mol. The lowest BCUT2D eigenvalue weighted by molar-refractivity contribution is 0.0697. The van der Waals surface area contributed by atoms with Gasteiger partial charge in [-0.1, -0.05) is 12.1 Å². The van der Waals surface area contributed by atoms with Crippen LogP contribution in [0.25, 0.3) is 0 Å². The second-order valence-electron chi connectivity index (χ2n) is 6.78. The van der Waals surface area contributed by atoms with Crippen LogP contribution in [0.2, 0.25) is 0 Å². The number of rotatable bonds is 3. The minimum Gasteiger partial charge on any atom is -0.361 e. The number of piperidine rings is 1. The van der Waals surface area contributed by atoms with E-state index in [9.17, 15) is 9.59 Å². The van der Waals surface area contributed by atoms with Crippen molar-refractivity contribution >= 4 is 17.5 Å². The van der Waals surface area contributed by atoms with Crippen molar-refractivity contribution in [3.63, 3.8) is 0 Å². The third kappa shape index (κ3) is 3.90. The van der Waals surface area contributed by atoms with Crippen LogP contribution in [-0.2, 0) is 0 Å². The summed E-state index contributed by atoms with van der Waals surface area (Å²) in [6.45, 7) is 7.45. The molecule has 0 atom stereocenters. The average Bonchev–Trinajstić information content (AvgIpc) is 3.03. The van der Waals surface area contributed by atoms with Gasteiger partial charge in [0, 0.05) is 30.4 Å². The van der Waals surface area contributed by atoms with E-state index in [2.05, 4.69) is 17.4 Å². The van der Waals surface area contributed by atoms with Crippen LogP contribution in [0.15, 0.2) is 28.8 Å². The quantitative estimate of drug-likeness (QED) is 0.928. The molecule has 6 heteroatoms. The predicted molar refractivity (Wildman–Crippen MR) is 94.7 cm³/mol. The Morgan fingerprint density at radius 3 is 2.52 bits per heavy atom. The number of benzene rings is 1. The first kappa shape index (κ1) is 17.2. The van der Waals surface area contributed by atoms with E-state index in [1.807, 2.05) is 17.9 Å². The maximum absolute atomic E-state index is 12.6. The number of aromatic nitrogens is 1. The molecule has 1 fully saturated rings. The lowest BCUT2D eigenvalue weighted by Crippen LogP contribution is -2.37. The molecule has 132 valence electrons. The van der Waals surface area contributed by atoms with E-state index in [4.69, 9.17) is 4.52 Å². The number of likely N-dealkylation sites (tertiary alicyclic amines) is 1. The minimum absolute atomic E-state index is 0.0556. The number of hydrogen-bond donors (Lipinski definition) is 1. The number of nitrogens with zero attached hydrogens (tertiary/aromatic N) is 2. The standard InChI is InChI=1S/C19H23N3O3/c1-12-6-8-22(9-7-12)19(24)15-4-5-16(13(2)10-15)20-18(23)17-11-14(3)25-21-17/h4-5,10-12H,6-9H2,1-3H3,(H,20,23). The van der Waals surface area contributed by atoms with E-state index in [-0.39, 0.29) is 17.5 Å². The number of nitrogens with one attached hydrogen (secondary N) is 1. The van der Waals surface area contributed by atoms with E-state index in [1.54, 1.807) is 25.1 Å². The second kappa shape index (κ2) is 7.09. The Balaban J connectivity index is 1.70. The Bertz CT molecular complexity index is 789. The largest absolute Gasteiger partial charge is 0.361 e. The third-order valence-electron chi connectivity index (χ3n) is 4.65. The van der Waals surface area contributed by atoms with Crippen LogP contribution in [0.3, 0.4) is 0 Å². The fourth-order valence-electron chi connectivity index (χ4n) is 2.99. The van der Waals surface area contributed by atoms with Crippen LogP contribution >= 0.6 is 0 Å². The molecule has 3 rings (SSSR count). The molecule has 2 heterocycles. The number of anilines is 1. The number of amides is 2. The summed E-state index contributed by atoms with van der Waals surface area (Å²) in [6, 6.07) is 6.93. The summed E-state index contributed by atoms with van der Waals surface area (Å²) in [5.41, 5.74) is 2.39. The molecule has 1 aliphatic rings. The van der Waals surface area contributed by atoms with Gasteiger partial charge in [0.2, 0.25) is 0 Å². The van der Waals surface area contributed by atoms with Crippen molar-refractivity contribution in [3.05, 3.63) is 46.8 Å². The fourth-order valence-corrected chi connectivity index (χ4v) is 2.99. The molecular weight excluding hydrogens is 318 g/mol. The highest BCUT2D eigenvalue weighted by atomic mass is 16.5. The maximum atomic E-state index is 12.6. The second-order valence-corrected chi connectivity index (χ2v) is 6.78. The molecule has 2 aromatic rings. The lowest BCUT2D eigenvalue weighted by Gasteiger charge is -2.30. The van der Waals surface area contributed by atoms with Crippen LogP contribution < -0.4 is 5.32 Å². The van der Waals surface area contributed by atoms with E-state index in [0.717, 1.165) is 31.5 Å². The van der Waals surface area contributed by atoms with Gasteiger partial charge >= 0.3 is 0 Å². The third-order valence-corrected chi connectivity index (χ3v) is 4.65. The lowest BCUT2D eigenvalue weighted by atomic mass is 9.98. The van der Waals surface area contributed by atoms with Crippen molar-refractivity contribution in [2.24, 2.45) is 5.92 Å². The summed E-state index contributed by atoms with van der Waals surface area (Å²) in [5, 5.41) is 6.51. The van der Waals surface area contributed by atoms with Crippen molar-refractivity contribution in [1.29, 1.82) is 0 Å². The van der Waals surface area contributed by atoms with Gasteiger partial charge in [0.25, 0.3) is 11.8 Å². The number of carbonyl (C=O) groups excluding carboxylic acids is 2. The first-order valence-electron chi connectivity index (χ1n) is 8.58. The Morgan fingerprint density at radius 1 is 1.20 bits per heavy atom. The number of carbonyl (C=O) groups is 2. The first-order valence-corrected chi connectivity index (χ1v) is 8.58. The topological polar surface area (TPSA) is 75.4 Å². The first-order chi connectivity index (χ1) is 11.9. The molecule has 0 bridgehead atoms. The predicted octanol–water partition coefficient (Wildman–Crippen LogP) is 3.42. The molecule has 2 amide bonds. The van der Waals surface area contributed by atoms with Crippen molar-refractivity contribution < 1.29 is 14.1 Å². The molecule has 0 aliphatic carbocycles. The zero-order valence-corrected chi connectivity index (χ0v) is 14.8. The van der Waals surface area contributed by atoms with Gasteiger partial charge in [0.05, 0.1) is 0 Å². The van der Waals surface area contributed by atoms with Crippen LogP contribution in [0.5, 0.6) is 0 Å². The van der Waals surface area contributed by atoms with E-state index >= 15 is 0 Å². The number of aryl methyl sites for hydroxylation is 2. The zero-order valence-electron chi connectivity index (χ0n) is 14.8. The molecule has 1 N–H and O–H groups in total. The Kier molecular flexibility index (Phi) is 4.88. The molecule has 0 radical (unpaired) electrons. The molecule has 0 saturated carbocycles. The molecule has 1 aromatic carbocycles. The molecule has 1 aliphatic heterocycles. The van der Waals surface area contributed by atoms with Gasteiger partial charge in [0.1, 0.15) is 5.76 Å². The fraction of sp³-hybridized carbons (Fsp3) is 0.421. The Morgan fingerprint density at radius 2 is 1.92 bits per heavy atom. The van der Waals surface area contributed by atoms with Crippen LogP contribution in [0, 0.1) is 19.8 Å². The highest BCUT2D eigenvalue weighted by Crippen LogP contribution is 2.22. The molecule has 25 heavy (non-hydrogen) atoms. The van der Waals surface area contributed by atoms with Gasteiger partial charge in [-0.15, -0.1) is 0 Å². The summed E-state index contributed by atoms with van der Waals surface area (Å²) in [4.78, 5) is 26.7. The van der Waals surface area contributed by atoms with Crippen LogP contribution in [0.4, 0.5) is 5.69 Å². The smallest absolute Gasteiger partial charge is 0.277 e. The zero-order chi connectivity index (χ0) is 18.0. The van der Waals surface area contributed by atoms with Gasteiger partial charge in [-0.2, -0.15) is 0 Å². The van der Waals surface area contributed by atoms with Gasteiger partial charge in [-0.05, 0) is 56.4 Å². The normalized spacial score (nSPS) is 15.2. The van der Waals surface area contributed by atoms with Gasteiger partial charge in [-0.25, -0.2) is 0 Å². The van der Waals surface area contributed by atoms with Crippen LogP contribution in [-0.4, -0.2) is 35.0 Å². The Labute approximate surface area is 147 Å². The summed E-state index contributed by atoms with van der Waals surface area (Å²) < 4.78 is 4.92. The summed E-state index contributed by atoms with van der Waals surface area (Å²) >= 11 is 0. The summed E-state index contributed by atoms with van der Waals surface area (Å²) in [7, 11) is 0. The summed E-state index contributed by atoms with van der Waals surface area (Å²) in [5.74, 6) is 0.992. The van der Waals surface area contributed by atoms with Gasteiger partial charge in [0.15, 0.2) is 5.69 Å². The molecular formula is C19H23N3O3. The molecule has 6 nitrogen and oxygen atoms in total. The maximum Gasteiger partial charge on any atom is 0.277 e. The molecule has 0 unspecified atom stereocenters. The SMILES string of the molecule is Cc1cc(C(=O)Nc2ccc(C(=O)N3CCC(C)CC3)cc2C)no1. The van der Waals surface area contributed by atoms with Gasteiger partial charge < -0.3 is 14.7 Å². The van der Waals surface area contributed by atoms with Crippen molar-refractivity contribution in [2.75, 3.05) is 18.4 Å². The van der Waals surface area contributed by atoms with Crippen molar-refractivity contribution in [1.82, 2.24) is 10.1 Å². The highest BCUT2D eigenvalue weighted by Gasteiger charge is 2.22. The van der Waals surface area contributed by atoms with Crippen LogP contribution in [0.1, 0.15) is 51.9 Å². The monoisotopic (exact) mass is 341 g/mol. The van der Waals surface area contributed by atoms with E-state index < -0.39 is 0 Å². The minimum atomic E-state index is -0.330. The van der Waals surface area contributed by atoms with Crippen molar-refractivity contribution in [2.45, 2.75) is 33.6 Å². The van der Waals surface area contributed by atoms with E-state index in [0.29, 0.717) is 22.9 Å². The molecule has 0 spiro atoms. The summed E-state index contributed by atoms with van der Waals surface area (Å²) in [6.07, 6.45) is 2.10. The van der Waals surface area contributed by atoms with Crippen molar-refractivity contribution in [3.8, 4) is 0 Å².